The first-order valence-electron chi connectivity index (χ1n) is 9.44. The first-order chi connectivity index (χ1) is 13.7. The summed E-state index contributed by atoms with van der Waals surface area (Å²) in [6.07, 6.45) is 2.31. The lowest BCUT2D eigenvalue weighted by Crippen LogP contribution is -2.29. The Bertz CT molecular complexity index is 1100. The number of aromatic nitrogens is 2. The molecule has 29 heavy (non-hydrogen) atoms. The second-order valence-electron chi connectivity index (χ2n) is 7.58. The number of benzene rings is 1. The molecule has 6 nitrogen and oxygen atoms in total. The number of pyridine rings is 2. The molecule has 1 atom stereocenters. The van der Waals surface area contributed by atoms with Gasteiger partial charge in [-0.2, -0.15) is 8.78 Å². The molecule has 0 saturated carbocycles. The van der Waals surface area contributed by atoms with Gasteiger partial charge in [0.05, 0.1) is 16.6 Å². The fraction of sp³-hybridized carbons (Fsp3) is 0.429. The lowest BCUT2D eigenvalue weighted by Gasteiger charge is -2.19. The van der Waals surface area contributed by atoms with Crippen LogP contribution in [0.2, 0.25) is 0 Å². The maximum atomic E-state index is 13.0. The van der Waals surface area contributed by atoms with E-state index in [0.29, 0.717) is 33.3 Å². The number of hydrogen-bond donors (Lipinski definition) is 1. The van der Waals surface area contributed by atoms with E-state index in [1.807, 2.05) is 13.8 Å². The molecule has 156 valence electrons. The summed E-state index contributed by atoms with van der Waals surface area (Å²) in [7, 11) is 1.62. The zero-order valence-electron chi connectivity index (χ0n) is 16.9. The van der Waals surface area contributed by atoms with Crippen LogP contribution in [0.5, 0.6) is 11.5 Å². The molecule has 2 aromatic heterocycles. The number of ether oxygens (including phenoxy) is 2. The van der Waals surface area contributed by atoms with Crippen LogP contribution in [0.1, 0.15) is 26.0 Å². The molecule has 3 rings (SSSR count). The fourth-order valence-corrected chi connectivity index (χ4v) is 3.55. The Kier molecular flexibility index (Phi) is 6.02. The Labute approximate surface area is 167 Å². The van der Waals surface area contributed by atoms with E-state index in [0.717, 1.165) is 6.42 Å². The van der Waals surface area contributed by atoms with Crippen LogP contribution in [0.15, 0.2) is 29.2 Å². The second-order valence-corrected chi connectivity index (χ2v) is 7.58. The van der Waals surface area contributed by atoms with E-state index >= 15 is 0 Å². The van der Waals surface area contributed by atoms with Gasteiger partial charge in [-0.15, -0.1) is 0 Å². The second kappa shape index (κ2) is 8.32. The lowest BCUT2D eigenvalue weighted by atomic mass is 10.0. The smallest absolute Gasteiger partial charge is 0.387 e. The van der Waals surface area contributed by atoms with E-state index in [4.69, 9.17) is 15.2 Å². The van der Waals surface area contributed by atoms with E-state index in [2.05, 4.69) is 4.98 Å². The van der Waals surface area contributed by atoms with E-state index in [1.165, 1.54) is 10.6 Å². The molecule has 0 unspecified atom stereocenters. The van der Waals surface area contributed by atoms with E-state index in [-0.39, 0.29) is 29.7 Å². The topological polar surface area (TPSA) is 79.4 Å². The molecule has 0 spiro atoms. The highest BCUT2D eigenvalue weighted by molar-refractivity contribution is 6.07. The molecule has 0 fully saturated rings. The number of hydrogen-bond acceptors (Lipinski definition) is 5. The van der Waals surface area contributed by atoms with Gasteiger partial charge in [0.25, 0.3) is 5.56 Å². The minimum atomic E-state index is -3.01. The van der Waals surface area contributed by atoms with Gasteiger partial charge in [0.2, 0.25) is 0 Å². The van der Waals surface area contributed by atoms with Crippen molar-refractivity contribution in [1.82, 2.24) is 9.55 Å². The molecule has 0 aliphatic heterocycles. The SMILES string of the molecule is Cc1nccc2c1c(=O)n(C)c1cc(OC[C@@H](N)CC(C)C)c(OC(F)F)cc21. The third-order valence-electron chi connectivity index (χ3n) is 4.82. The Morgan fingerprint density at radius 1 is 1.21 bits per heavy atom. The maximum Gasteiger partial charge on any atom is 0.387 e. The van der Waals surface area contributed by atoms with Gasteiger partial charge in [-0.1, -0.05) is 13.8 Å². The number of rotatable bonds is 7. The minimum Gasteiger partial charge on any atom is -0.488 e. The molecule has 0 amide bonds. The summed E-state index contributed by atoms with van der Waals surface area (Å²) in [6.45, 7) is 2.95. The zero-order valence-corrected chi connectivity index (χ0v) is 16.9. The number of halogens is 2. The van der Waals surface area contributed by atoms with Crippen LogP contribution in [-0.4, -0.2) is 28.8 Å². The largest absolute Gasteiger partial charge is 0.488 e. The molecular formula is C21H25F2N3O3. The first kappa shape index (κ1) is 21.0. The quantitative estimate of drug-likeness (QED) is 0.606. The Hall–Kier alpha value is -2.74. The molecule has 0 saturated heterocycles. The Balaban J connectivity index is 2.17. The molecule has 1 aromatic carbocycles. The molecule has 0 aliphatic carbocycles. The fourth-order valence-electron chi connectivity index (χ4n) is 3.55. The molecule has 2 heterocycles. The van der Waals surface area contributed by atoms with Crippen molar-refractivity contribution in [2.75, 3.05) is 6.61 Å². The van der Waals surface area contributed by atoms with Gasteiger partial charge in [-0.3, -0.25) is 9.78 Å². The van der Waals surface area contributed by atoms with E-state index < -0.39 is 6.61 Å². The van der Waals surface area contributed by atoms with Gasteiger partial charge >= 0.3 is 6.61 Å². The number of nitrogens with zero attached hydrogens (tertiary/aromatic N) is 2. The van der Waals surface area contributed by atoms with E-state index in [1.54, 1.807) is 32.3 Å². The normalized spacial score (nSPS) is 12.9. The highest BCUT2D eigenvalue weighted by Gasteiger charge is 2.18. The average molecular weight is 405 g/mol. The van der Waals surface area contributed by atoms with Crippen molar-refractivity contribution in [2.24, 2.45) is 18.7 Å². The lowest BCUT2D eigenvalue weighted by molar-refractivity contribution is -0.0514. The van der Waals surface area contributed by atoms with Crippen LogP contribution in [0, 0.1) is 12.8 Å². The Morgan fingerprint density at radius 3 is 2.59 bits per heavy atom. The summed E-state index contributed by atoms with van der Waals surface area (Å²) in [5.41, 5.74) is 6.95. The molecular weight excluding hydrogens is 380 g/mol. The van der Waals surface area contributed by atoms with Crippen LogP contribution in [0.4, 0.5) is 8.78 Å². The third-order valence-corrected chi connectivity index (χ3v) is 4.82. The zero-order chi connectivity index (χ0) is 21.3. The van der Waals surface area contributed by atoms with Gasteiger partial charge in [-0.25, -0.2) is 0 Å². The highest BCUT2D eigenvalue weighted by atomic mass is 19.3. The number of fused-ring (bicyclic) bond motifs is 3. The van der Waals surface area contributed by atoms with Crippen molar-refractivity contribution < 1.29 is 18.3 Å². The molecule has 8 heteroatoms. The van der Waals surface area contributed by atoms with Crippen molar-refractivity contribution in [3.8, 4) is 11.5 Å². The van der Waals surface area contributed by atoms with Crippen LogP contribution in [0.3, 0.4) is 0 Å². The average Bonchev–Trinajstić information content (AvgIpc) is 2.63. The first-order valence-corrected chi connectivity index (χ1v) is 9.44. The summed E-state index contributed by atoms with van der Waals surface area (Å²) < 4.78 is 38.0. The molecule has 0 aliphatic rings. The van der Waals surface area contributed by atoms with Gasteiger partial charge in [0.15, 0.2) is 11.5 Å². The number of aryl methyl sites for hydroxylation is 2. The van der Waals surface area contributed by atoms with E-state index in [9.17, 15) is 13.6 Å². The minimum absolute atomic E-state index is 0.0985. The summed E-state index contributed by atoms with van der Waals surface area (Å²) in [4.78, 5) is 17.0. The van der Waals surface area contributed by atoms with Gasteiger partial charge < -0.3 is 19.8 Å². The van der Waals surface area contributed by atoms with Crippen molar-refractivity contribution >= 4 is 21.7 Å². The predicted octanol–water partition coefficient (Wildman–Crippen LogP) is 3.75. The molecule has 3 aromatic rings. The van der Waals surface area contributed by atoms with Crippen LogP contribution < -0.4 is 20.8 Å². The summed E-state index contributed by atoms with van der Waals surface area (Å²) in [5.74, 6) is 0.404. The number of alkyl halides is 2. The summed E-state index contributed by atoms with van der Waals surface area (Å²) >= 11 is 0. The van der Waals surface area contributed by atoms with Gasteiger partial charge in [0.1, 0.15) is 6.61 Å². The maximum absolute atomic E-state index is 13.0. The molecule has 0 radical (unpaired) electrons. The molecule has 0 bridgehead atoms. The molecule has 2 N–H and O–H groups in total. The standard InChI is InChI=1S/C21H25F2N3O3/c1-11(2)7-13(24)10-28-17-9-16-15(8-18(17)29-21(22)23)14-5-6-25-12(3)19(14)20(27)26(16)4/h5-6,8-9,11,13,21H,7,10,24H2,1-4H3/t13-/m0/s1. The summed E-state index contributed by atoms with van der Waals surface area (Å²) in [5, 5.41) is 1.66. The summed E-state index contributed by atoms with van der Waals surface area (Å²) in [6, 6.07) is 4.47. The van der Waals surface area contributed by atoms with Crippen LogP contribution in [-0.2, 0) is 7.05 Å². The monoisotopic (exact) mass is 405 g/mol. The predicted molar refractivity (Wildman–Crippen MR) is 109 cm³/mol. The van der Waals surface area contributed by atoms with Crippen molar-refractivity contribution in [2.45, 2.75) is 39.8 Å². The van der Waals surface area contributed by atoms with Crippen molar-refractivity contribution in [3.63, 3.8) is 0 Å². The number of nitrogens with two attached hydrogens (primary N) is 1. The van der Waals surface area contributed by atoms with Crippen LogP contribution >= 0.6 is 0 Å². The van der Waals surface area contributed by atoms with Crippen molar-refractivity contribution in [3.05, 3.63) is 40.4 Å². The van der Waals surface area contributed by atoms with Gasteiger partial charge in [0, 0.05) is 36.1 Å². The van der Waals surface area contributed by atoms with Crippen molar-refractivity contribution in [1.29, 1.82) is 0 Å². The highest BCUT2D eigenvalue weighted by Crippen LogP contribution is 2.36. The Morgan fingerprint density at radius 2 is 1.93 bits per heavy atom. The van der Waals surface area contributed by atoms with Gasteiger partial charge in [-0.05, 0) is 31.4 Å². The third kappa shape index (κ3) is 4.32. The van der Waals surface area contributed by atoms with Crippen LogP contribution in [0.25, 0.3) is 21.7 Å².